The van der Waals surface area contributed by atoms with Crippen LogP contribution in [-0.4, -0.2) is 32.6 Å². The van der Waals surface area contributed by atoms with Gasteiger partial charge in [-0.2, -0.15) is 4.31 Å². The predicted molar refractivity (Wildman–Crippen MR) is 61.8 cm³/mol. The molecule has 0 atom stereocenters. The first-order valence-corrected chi connectivity index (χ1v) is 6.31. The van der Waals surface area contributed by atoms with E-state index in [1.54, 1.807) is 19.1 Å². The Hall–Kier alpha value is -1.20. The van der Waals surface area contributed by atoms with Crippen LogP contribution in [0, 0.1) is 13.8 Å². The Kier molecular flexibility index (Phi) is 3.83. The summed E-state index contributed by atoms with van der Waals surface area (Å²) in [7, 11) is -2.15. The van der Waals surface area contributed by atoms with Gasteiger partial charge >= 0.3 is 0 Å². The Balaban J connectivity index is 3.22. The highest BCUT2D eigenvalue weighted by molar-refractivity contribution is 7.89. The number of aryl methyl sites for hydroxylation is 2. The molecule has 1 aromatic carbocycles. The van der Waals surface area contributed by atoms with E-state index in [0.717, 1.165) is 9.87 Å². The maximum Gasteiger partial charge on any atom is 0.243 e. The number of carbonyl (C=O) groups excluding carboxylic acids is 1. The number of hydrogen-bond acceptors (Lipinski definition) is 3. The van der Waals surface area contributed by atoms with Crippen LogP contribution in [-0.2, 0) is 14.8 Å². The second kappa shape index (κ2) is 4.76. The highest BCUT2D eigenvalue weighted by atomic mass is 32.2. The summed E-state index contributed by atoms with van der Waals surface area (Å²) in [4.78, 5) is 10.6. The van der Waals surface area contributed by atoms with Crippen molar-refractivity contribution in [2.24, 2.45) is 0 Å². The van der Waals surface area contributed by atoms with Crippen LogP contribution in [0.1, 0.15) is 11.1 Å². The second-order valence-corrected chi connectivity index (χ2v) is 5.73. The highest BCUT2D eigenvalue weighted by Gasteiger charge is 2.21. The van der Waals surface area contributed by atoms with E-state index in [4.69, 9.17) is 0 Å². The summed E-state index contributed by atoms with van der Waals surface area (Å²) in [6, 6.07) is 5.12. The third-order valence-electron chi connectivity index (χ3n) is 2.35. The van der Waals surface area contributed by atoms with Gasteiger partial charge in [-0.05, 0) is 25.5 Å². The van der Waals surface area contributed by atoms with E-state index >= 15 is 0 Å². The van der Waals surface area contributed by atoms with Crippen molar-refractivity contribution in [2.45, 2.75) is 18.7 Å². The van der Waals surface area contributed by atoms with E-state index in [0.29, 0.717) is 11.8 Å². The molecule has 0 N–H and O–H groups in total. The van der Waals surface area contributed by atoms with Crippen LogP contribution in [0.4, 0.5) is 0 Å². The fraction of sp³-hybridized carbons (Fsp3) is 0.364. The average Bonchev–Trinajstić information content (AvgIpc) is 2.17. The topological polar surface area (TPSA) is 54.5 Å². The van der Waals surface area contributed by atoms with Gasteiger partial charge in [-0.1, -0.05) is 17.7 Å². The van der Waals surface area contributed by atoms with Gasteiger partial charge in [0.15, 0.2) is 0 Å². The van der Waals surface area contributed by atoms with Gasteiger partial charge in [-0.15, -0.1) is 0 Å². The number of likely N-dealkylation sites (N-methyl/N-ethyl adjacent to an activating group) is 1. The van der Waals surface area contributed by atoms with E-state index in [2.05, 4.69) is 0 Å². The summed E-state index contributed by atoms with van der Waals surface area (Å²) in [5.41, 5.74) is 1.70. The Morgan fingerprint density at radius 2 is 1.94 bits per heavy atom. The van der Waals surface area contributed by atoms with E-state index in [1.807, 2.05) is 13.0 Å². The summed E-state index contributed by atoms with van der Waals surface area (Å²) >= 11 is 0. The molecule has 5 heteroatoms. The Morgan fingerprint density at radius 1 is 1.31 bits per heavy atom. The molecule has 0 heterocycles. The largest absolute Gasteiger partial charge is 0.302 e. The molecule has 0 unspecified atom stereocenters. The van der Waals surface area contributed by atoms with Gasteiger partial charge in [-0.3, -0.25) is 0 Å². The van der Waals surface area contributed by atoms with Crippen molar-refractivity contribution in [2.75, 3.05) is 13.6 Å². The molecule has 88 valence electrons. The van der Waals surface area contributed by atoms with Crippen LogP contribution in [0.2, 0.25) is 0 Å². The molecule has 16 heavy (non-hydrogen) atoms. The number of hydrogen-bond donors (Lipinski definition) is 0. The smallest absolute Gasteiger partial charge is 0.243 e. The Bertz CT molecular complexity index is 494. The van der Waals surface area contributed by atoms with E-state index in [1.165, 1.54) is 7.05 Å². The van der Waals surface area contributed by atoms with Gasteiger partial charge in [0, 0.05) is 7.05 Å². The molecule has 0 fully saturated rings. The number of carbonyl (C=O) groups is 1. The second-order valence-electron chi connectivity index (χ2n) is 3.72. The fourth-order valence-electron chi connectivity index (χ4n) is 1.46. The summed E-state index contributed by atoms with van der Waals surface area (Å²) in [5.74, 6) is 0. The van der Waals surface area contributed by atoms with Crippen LogP contribution in [0.25, 0.3) is 0 Å². The van der Waals surface area contributed by atoms with Crippen molar-refractivity contribution in [3.8, 4) is 0 Å². The first-order valence-electron chi connectivity index (χ1n) is 4.87. The number of sulfonamides is 1. The van der Waals surface area contributed by atoms with Crippen LogP contribution in [0.15, 0.2) is 23.1 Å². The minimum atomic E-state index is -3.55. The van der Waals surface area contributed by atoms with E-state index in [9.17, 15) is 13.2 Å². The number of nitrogens with zero attached hydrogens (tertiary/aromatic N) is 1. The lowest BCUT2D eigenvalue weighted by molar-refractivity contribution is -0.107. The molecule has 0 saturated carbocycles. The lowest BCUT2D eigenvalue weighted by atomic mass is 10.2. The lowest BCUT2D eigenvalue weighted by Crippen LogP contribution is -2.29. The van der Waals surface area contributed by atoms with Crippen molar-refractivity contribution in [1.29, 1.82) is 0 Å². The average molecular weight is 241 g/mol. The van der Waals surface area contributed by atoms with Gasteiger partial charge in [0.05, 0.1) is 11.4 Å². The monoisotopic (exact) mass is 241 g/mol. The third kappa shape index (κ3) is 2.48. The predicted octanol–water partition coefficient (Wildman–Crippen LogP) is 1.12. The number of aldehydes is 1. The fourth-order valence-corrected chi connectivity index (χ4v) is 2.76. The molecule has 4 nitrogen and oxygen atoms in total. The van der Waals surface area contributed by atoms with Crippen LogP contribution >= 0.6 is 0 Å². The molecule has 0 aliphatic carbocycles. The van der Waals surface area contributed by atoms with Crippen LogP contribution < -0.4 is 0 Å². The van der Waals surface area contributed by atoms with Gasteiger partial charge in [0.2, 0.25) is 10.0 Å². The molecule has 0 aromatic heterocycles. The standard InChI is InChI=1S/C11H15NO3S/c1-9-4-5-11(10(2)8-9)16(14,15)12(3)6-7-13/h4-5,7-8H,6H2,1-3H3. The number of rotatable bonds is 4. The first kappa shape index (κ1) is 12.9. The van der Waals surface area contributed by atoms with Crippen molar-refractivity contribution in [3.05, 3.63) is 29.3 Å². The number of benzene rings is 1. The summed E-state index contributed by atoms with van der Waals surface area (Å²) < 4.78 is 25.1. The third-order valence-corrected chi connectivity index (χ3v) is 4.33. The summed E-state index contributed by atoms with van der Waals surface area (Å²) in [6.07, 6.45) is 0.571. The highest BCUT2D eigenvalue weighted by Crippen LogP contribution is 2.19. The molecule has 0 saturated heterocycles. The molecule has 1 aromatic rings. The van der Waals surface area contributed by atoms with Crippen LogP contribution in [0.3, 0.4) is 0 Å². The molecule has 0 bridgehead atoms. The molecule has 0 radical (unpaired) electrons. The zero-order valence-corrected chi connectivity index (χ0v) is 10.4. The van der Waals surface area contributed by atoms with Gasteiger partial charge in [-0.25, -0.2) is 8.42 Å². The molecule has 0 aliphatic rings. The normalized spacial score (nSPS) is 11.8. The molecular weight excluding hydrogens is 226 g/mol. The maximum atomic E-state index is 12.0. The van der Waals surface area contributed by atoms with E-state index in [-0.39, 0.29) is 11.4 Å². The van der Waals surface area contributed by atoms with Crippen molar-refractivity contribution in [3.63, 3.8) is 0 Å². The van der Waals surface area contributed by atoms with Gasteiger partial charge < -0.3 is 4.79 Å². The Labute approximate surface area is 95.9 Å². The summed E-state index contributed by atoms with van der Waals surface area (Å²) in [6.45, 7) is 3.52. The quantitative estimate of drug-likeness (QED) is 0.742. The Morgan fingerprint density at radius 3 is 2.44 bits per heavy atom. The van der Waals surface area contributed by atoms with Gasteiger partial charge in [0.25, 0.3) is 0 Å². The molecular formula is C11H15NO3S. The van der Waals surface area contributed by atoms with Gasteiger partial charge in [0.1, 0.15) is 6.29 Å². The SMILES string of the molecule is Cc1ccc(S(=O)(=O)N(C)CC=O)c(C)c1. The van der Waals surface area contributed by atoms with Crippen molar-refractivity contribution >= 4 is 16.3 Å². The summed E-state index contributed by atoms with van der Waals surface area (Å²) in [5, 5.41) is 0. The molecule has 1 rings (SSSR count). The minimum Gasteiger partial charge on any atom is -0.302 e. The van der Waals surface area contributed by atoms with E-state index < -0.39 is 10.0 Å². The molecule has 0 aliphatic heterocycles. The van der Waals surface area contributed by atoms with Crippen LogP contribution in [0.5, 0.6) is 0 Å². The van der Waals surface area contributed by atoms with Crippen molar-refractivity contribution < 1.29 is 13.2 Å². The van der Waals surface area contributed by atoms with Crippen molar-refractivity contribution in [1.82, 2.24) is 4.31 Å². The molecule has 0 amide bonds. The molecule has 0 spiro atoms. The minimum absolute atomic E-state index is 0.129. The maximum absolute atomic E-state index is 12.0. The zero-order valence-electron chi connectivity index (χ0n) is 9.60. The lowest BCUT2D eigenvalue weighted by Gasteiger charge is -2.16. The zero-order chi connectivity index (χ0) is 12.3. The first-order chi connectivity index (χ1) is 7.39.